The summed E-state index contributed by atoms with van der Waals surface area (Å²) in [4.78, 5) is 19.6. The van der Waals surface area contributed by atoms with Gasteiger partial charge in [0, 0.05) is 35.4 Å². The van der Waals surface area contributed by atoms with E-state index in [-0.39, 0.29) is 11.2 Å². The van der Waals surface area contributed by atoms with Gasteiger partial charge in [-0.3, -0.25) is 9.00 Å². The van der Waals surface area contributed by atoms with Crippen LogP contribution in [-0.2, 0) is 10.8 Å². The number of nitrogens with two attached hydrogens (primary N) is 1. The number of nitrogens with zero attached hydrogens (tertiary/aromatic N) is 2. The first-order chi connectivity index (χ1) is 7.18. The lowest BCUT2D eigenvalue weighted by Gasteiger charge is -2.27. The van der Waals surface area contributed by atoms with Gasteiger partial charge in [0.05, 0.1) is 6.33 Å². The van der Waals surface area contributed by atoms with Gasteiger partial charge in [0.15, 0.2) is 5.82 Å². The van der Waals surface area contributed by atoms with Crippen molar-refractivity contribution < 1.29 is 4.21 Å². The fourth-order valence-electron chi connectivity index (χ4n) is 1.50. The molecule has 0 saturated carbocycles. The lowest BCUT2D eigenvalue weighted by molar-refractivity contribution is 0.672. The number of aromatic amines is 1. The highest BCUT2D eigenvalue weighted by atomic mass is 32.2. The summed E-state index contributed by atoms with van der Waals surface area (Å²) in [6.45, 7) is 1.26. The van der Waals surface area contributed by atoms with Crippen LogP contribution in [0.15, 0.2) is 11.1 Å². The predicted molar refractivity (Wildman–Crippen MR) is 59.4 cm³/mol. The van der Waals surface area contributed by atoms with Crippen LogP contribution >= 0.6 is 0 Å². The van der Waals surface area contributed by atoms with Gasteiger partial charge in [0.2, 0.25) is 0 Å². The van der Waals surface area contributed by atoms with Gasteiger partial charge in [0.1, 0.15) is 5.69 Å². The van der Waals surface area contributed by atoms with Crippen molar-refractivity contribution in [2.45, 2.75) is 0 Å². The quantitative estimate of drug-likeness (QED) is 0.638. The van der Waals surface area contributed by atoms with Crippen LogP contribution in [-0.4, -0.2) is 38.8 Å². The largest absolute Gasteiger partial charge is 0.391 e. The van der Waals surface area contributed by atoms with E-state index in [1.54, 1.807) is 0 Å². The third-order valence-electron chi connectivity index (χ3n) is 2.35. The highest BCUT2D eigenvalue weighted by molar-refractivity contribution is 7.85. The van der Waals surface area contributed by atoms with Crippen molar-refractivity contribution in [3.05, 3.63) is 16.7 Å². The van der Waals surface area contributed by atoms with Crippen LogP contribution in [0.3, 0.4) is 0 Å². The summed E-state index contributed by atoms with van der Waals surface area (Å²) >= 11 is 0. The molecular weight excluding hydrogens is 216 g/mol. The van der Waals surface area contributed by atoms with Crippen molar-refractivity contribution in [3.63, 3.8) is 0 Å². The molecule has 0 aliphatic carbocycles. The topological polar surface area (TPSA) is 92.1 Å². The van der Waals surface area contributed by atoms with Gasteiger partial charge in [-0.25, -0.2) is 4.98 Å². The molecule has 0 spiro atoms. The summed E-state index contributed by atoms with van der Waals surface area (Å²) in [5, 5.41) is 0. The third-order valence-corrected chi connectivity index (χ3v) is 3.62. The zero-order valence-electron chi connectivity index (χ0n) is 8.10. The molecule has 1 aromatic rings. The Morgan fingerprint density at radius 3 is 2.80 bits per heavy atom. The zero-order valence-corrected chi connectivity index (χ0v) is 8.92. The van der Waals surface area contributed by atoms with Crippen molar-refractivity contribution in [1.82, 2.24) is 9.97 Å². The van der Waals surface area contributed by atoms with Crippen LogP contribution in [0, 0.1) is 0 Å². The number of rotatable bonds is 1. The van der Waals surface area contributed by atoms with Crippen LogP contribution in [0.25, 0.3) is 0 Å². The number of nitrogens with one attached hydrogen (secondary N) is 1. The maximum absolute atomic E-state index is 11.2. The van der Waals surface area contributed by atoms with Gasteiger partial charge < -0.3 is 15.6 Å². The molecule has 82 valence electrons. The summed E-state index contributed by atoms with van der Waals surface area (Å²) in [5.41, 5.74) is 5.43. The molecule has 7 heteroatoms. The van der Waals surface area contributed by atoms with E-state index in [4.69, 9.17) is 5.73 Å². The molecule has 1 aliphatic rings. The number of anilines is 2. The highest BCUT2D eigenvalue weighted by Gasteiger charge is 2.19. The average molecular weight is 228 g/mol. The lowest BCUT2D eigenvalue weighted by atomic mass is 10.4. The molecule has 0 radical (unpaired) electrons. The normalized spacial score (nSPS) is 18.0. The van der Waals surface area contributed by atoms with Crippen LogP contribution in [0.2, 0.25) is 0 Å². The maximum Gasteiger partial charge on any atom is 0.276 e. The fourth-order valence-corrected chi connectivity index (χ4v) is 2.55. The third kappa shape index (κ3) is 2.01. The number of hydrogen-bond acceptors (Lipinski definition) is 5. The second-order valence-electron chi connectivity index (χ2n) is 3.30. The molecule has 15 heavy (non-hydrogen) atoms. The molecule has 0 atom stereocenters. The Bertz CT molecular complexity index is 435. The molecule has 1 aliphatic heterocycles. The molecule has 0 bridgehead atoms. The lowest BCUT2D eigenvalue weighted by Crippen LogP contribution is -2.39. The molecule has 6 nitrogen and oxygen atoms in total. The molecule has 1 saturated heterocycles. The first-order valence-corrected chi connectivity index (χ1v) is 6.10. The van der Waals surface area contributed by atoms with Crippen molar-refractivity contribution >= 4 is 22.3 Å². The van der Waals surface area contributed by atoms with E-state index in [0.717, 1.165) is 0 Å². The monoisotopic (exact) mass is 228 g/mol. The summed E-state index contributed by atoms with van der Waals surface area (Å²) in [5.74, 6) is 1.71. The minimum Gasteiger partial charge on any atom is -0.391 e. The smallest absolute Gasteiger partial charge is 0.276 e. The van der Waals surface area contributed by atoms with Crippen LogP contribution in [0.5, 0.6) is 0 Å². The first kappa shape index (κ1) is 10.2. The molecule has 3 N–H and O–H groups in total. The SMILES string of the molecule is Nc1c(N2CCS(=O)CC2)nc[nH]c1=O. The van der Waals surface area contributed by atoms with E-state index in [9.17, 15) is 9.00 Å². The molecular formula is C8H12N4O2S. The summed E-state index contributed by atoms with van der Waals surface area (Å²) in [6, 6.07) is 0. The van der Waals surface area contributed by atoms with Gasteiger partial charge in [0.25, 0.3) is 5.56 Å². The Balaban J connectivity index is 2.26. The zero-order chi connectivity index (χ0) is 10.8. The molecule has 0 amide bonds. The fraction of sp³-hybridized carbons (Fsp3) is 0.500. The standard InChI is InChI=1S/C8H12N4O2S/c9-6-7(10-5-11-8(6)13)12-1-3-15(14)4-2-12/h5H,1-4,9H2,(H,10,11,13). The number of hydrogen-bond donors (Lipinski definition) is 2. The van der Waals surface area contributed by atoms with Gasteiger partial charge in [-0.15, -0.1) is 0 Å². The molecule has 1 aromatic heterocycles. The van der Waals surface area contributed by atoms with Crippen LogP contribution in [0.1, 0.15) is 0 Å². The van der Waals surface area contributed by atoms with Gasteiger partial charge in [-0.05, 0) is 0 Å². The van der Waals surface area contributed by atoms with E-state index >= 15 is 0 Å². The van der Waals surface area contributed by atoms with Crippen LogP contribution in [0.4, 0.5) is 11.5 Å². The van der Waals surface area contributed by atoms with E-state index in [0.29, 0.717) is 30.4 Å². The summed E-state index contributed by atoms with van der Waals surface area (Å²) in [6.07, 6.45) is 1.33. The van der Waals surface area contributed by atoms with Gasteiger partial charge in [-0.1, -0.05) is 0 Å². The molecule has 0 aromatic carbocycles. The van der Waals surface area contributed by atoms with Gasteiger partial charge in [-0.2, -0.15) is 0 Å². The second-order valence-corrected chi connectivity index (χ2v) is 5.00. The number of aromatic nitrogens is 2. The Hall–Kier alpha value is -1.37. The van der Waals surface area contributed by atoms with Crippen molar-refractivity contribution in [2.24, 2.45) is 0 Å². The minimum atomic E-state index is -0.743. The van der Waals surface area contributed by atoms with E-state index < -0.39 is 10.8 Å². The van der Waals surface area contributed by atoms with Crippen molar-refractivity contribution in [2.75, 3.05) is 35.2 Å². The number of H-pyrrole nitrogens is 1. The van der Waals surface area contributed by atoms with E-state index in [1.807, 2.05) is 4.90 Å². The summed E-state index contributed by atoms with van der Waals surface area (Å²) < 4.78 is 11.2. The molecule has 1 fully saturated rings. The number of nitrogen functional groups attached to an aromatic ring is 1. The summed E-state index contributed by atoms with van der Waals surface area (Å²) in [7, 11) is -0.743. The average Bonchev–Trinajstić information content (AvgIpc) is 2.24. The highest BCUT2D eigenvalue weighted by Crippen LogP contribution is 2.16. The first-order valence-electron chi connectivity index (χ1n) is 4.61. The molecule has 0 unspecified atom stereocenters. The Morgan fingerprint density at radius 2 is 2.13 bits per heavy atom. The van der Waals surface area contributed by atoms with Crippen LogP contribution < -0.4 is 16.2 Å². The van der Waals surface area contributed by atoms with Gasteiger partial charge >= 0.3 is 0 Å². The van der Waals surface area contributed by atoms with E-state index in [2.05, 4.69) is 9.97 Å². The Labute approximate surface area is 89.0 Å². The predicted octanol–water partition coefficient (Wildman–Crippen LogP) is -1.08. The maximum atomic E-state index is 11.2. The van der Waals surface area contributed by atoms with Crippen molar-refractivity contribution in [1.29, 1.82) is 0 Å². The molecule has 2 heterocycles. The minimum absolute atomic E-state index is 0.130. The Kier molecular flexibility index (Phi) is 2.72. The molecule has 2 rings (SSSR count). The van der Waals surface area contributed by atoms with E-state index in [1.165, 1.54) is 6.33 Å². The van der Waals surface area contributed by atoms with Crippen molar-refractivity contribution in [3.8, 4) is 0 Å². The second kappa shape index (κ2) is 4.01. The Morgan fingerprint density at radius 1 is 1.47 bits per heavy atom.